The highest BCUT2D eigenvalue weighted by Gasteiger charge is 2.05. The minimum Gasteiger partial charge on any atom is -0.330 e. The van der Waals surface area contributed by atoms with Crippen molar-refractivity contribution in [3.8, 4) is 0 Å². The van der Waals surface area contributed by atoms with Crippen molar-refractivity contribution < 1.29 is 0 Å². The van der Waals surface area contributed by atoms with Crippen LogP contribution < -0.4 is 5.73 Å². The van der Waals surface area contributed by atoms with Crippen molar-refractivity contribution in [3.05, 3.63) is 24.8 Å². The summed E-state index contributed by atoms with van der Waals surface area (Å²) in [7, 11) is 0. The first kappa shape index (κ1) is 10.4. The van der Waals surface area contributed by atoms with Crippen molar-refractivity contribution in [2.24, 2.45) is 11.7 Å². The Kier molecular flexibility index (Phi) is 5.86. The van der Waals surface area contributed by atoms with Crippen LogP contribution >= 0.6 is 0 Å². The molecule has 0 aliphatic rings. The lowest BCUT2D eigenvalue weighted by molar-refractivity contribution is 0.534. The van der Waals surface area contributed by atoms with E-state index in [0.717, 1.165) is 31.4 Å². The second-order valence-corrected chi connectivity index (χ2v) is 2.82. The van der Waals surface area contributed by atoms with E-state index in [2.05, 4.69) is 20.1 Å². The summed E-state index contributed by atoms with van der Waals surface area (Å²) in [5.74, 6) is 0.594. The predicted octanol–water partition coefficient (Wildman–Crippen LogP) is 2.49. The molecule has 64 valence electrons. The highest BCUT2D eigenvalue weighted by molar-refractivity contribution is 5.14. The van der Waals surface area contributed by atoms with E-state index in [9.17, 15) is 0 Å². The SMILES string of the molecule is C=CC(=C)C(CC)CCCN. The Bertz CT molecular complexity index is 127. The molecule has 0 fully saturated rings. The molecule has 0 heterocycles. The normalized spacial score (nSPS) is 12.5. The van der Waals surface area contributed by atoms with Crippen molar-refractivity contribution in [3.63, 3.8) is 0 Å². The van der Waals surface area contributed by atoms with Gasteiger partial charge in [-0.25, -0.2) is 0 Å². The van der Waals surface area contributed by atoms with Gasteiger partial charge in [-0.05, 0) is 31.7 Å². The van der Waals surface area contributed by atoms with Crippen molar-refractivity contribution in [2.45, 2.75) is 26.2 Å². The topological polar surface area (TPSA) is 26.0 Å². The quantitative estimate of drug-likeness (QED) is 0.583. The van der Waals surface area contributed by atoms with Crippen LogP contribution in [0.2, 0.25) is 0 Å². The molecule has 0 radical (unpaired) electrons. The van der Waals surface area contributed by atoms with E-state index in [1.165, 1.54) is 0 Å². The zero-order valence-electron chi connectivity index (χ0n) is 7.47. The average Bonchev–Trinajstić information content (AvgIpc) is 2.05. The lowest BCUT2D eigenvalue weighted by Gasteiger charge is -2.13. The molecule has 0 saturated heterocycles. The third-order valence-corrected chi connectivity index (χ3v) is 2.04. The lowest BCUT2D eigenvalue weighted by Crippen LogP contribution is -2.05. The molecule has 0 aromatic heterocycles. The number of hydrogen-bond acceptors (Lipinski definition) is 1. The van der Waals surface area contributed by atoms with Crippen LogP contribution in [-0.4, -0.2) is 6.54 Å². The maximum absolute atomic E-state index is 5.42. The Morgan fingerprint density at radius 1 is 1.64 bits per heavy atom. The number of rotatable bonds is 6. The molecule has 1 nitrogen and oxygen atoms in total. The molecule has 0 aliphatic heterocycles. The molecule has 0 aromatic rings. The Morgan fingerprint density at radius 2 is 2.27 bits per heavy atom. The van der Waals surface area contributed by atoms with Crippen LogP contribution in [0.15, 0.2) is 24.8 Å². The third kappa shape index (κ3) is 3.99. The summed E-state index contributed by atoms with van der Waals surface area (Å²) in [6.45, 7) is 10.6. The van der Waals surface area contributed by atoms with Gasteiger partial charge in [-0.2, -0.15) is 0 Å². The number of hydrogen-bond donors (Lipinski definition) is 1. The maximum Gasteiger partial charge on any atom is -0.00771 e. The predicted molar refractivity (Wildman–Crippen MR) is 51.4 cm³/mol. The van der Waals surface area contributed by atoms with E-state index in [-0.39, 0.29) is 0 Å². The summed E-state index contributed by atoms with van der Waals surface area (Å²) in [6.07, 6.45) is 5.23. The van der Waals surface area contributed by atoms with Crippen molar-refractivity contribution in [1.82, 2.24) is 0 Å². The van der Waals surface area contributed by atoms with Gasteiger partial charge >= 0.3 is 0 Å². The molecule has 0 aromatic carbocycles. The Balaban J connectivity index is 3.74. The largest absolute Gasteiger partial charge is 0.330 e. The fourth-order valence-electron chi connectivity index (χ4n) is 1.18. The average molecular weight is 153 g/mol. The Morgan fingerprint density at radius 3 is 2.64 bits per heavy atom. The Labute approximate surface area is 70.0 Å². The fraction of sp³-hybridized carbons (Fsp3) is 0.600. The molecule has 11 heavy (non-hydrogen) atoms. The van der Waals surface area contributed by atoms with Gasteiger partial charge in [0.2, 0.25) is 0 Å². The van der Waals surface area contributed by atoms with Crippen LogP contribution in [0, 0.1) is 5.92 Å². The first-order valence-electron chi connectivity index (χ1n) is 4.27. The van der Waals surface area contributed by atoms with E-state index in [1.54, 1.807) is 0 Å². The summed E-state index contributed by atoms with van der Waals surface area (Å²) in [6, 6.07) is 0. The summed E-state index contributed by atoms with van der Waals surface area (Å²) in [4.78, 5) is 0. The van der Waals surface area contributed by atoms with Gasteiger partial charge in [0.05, 0.1) is 0 Å². The highest BCUT2D eigenvalue weighted by Crippen LogP contribution is 2.19. The second kappa shape index (κ2) is 6.17. The van der Waals surface area contributed by atoms with Crippen LogP contribution in [0.5, 0.6) is 0 Å². The van der Waals surface area contributed by atoms with Gasteiger partial charge in [-0.15, -0.1) is 0 Å². The second-order valence-electron chi connectivity index (χ2n) is 2.82. The minimum atomic E-state index is 0.594. The zero-order chi connectivity index (χ0) is 8.69. The number of allylic oxidation sites excluding steroid dienone is 2. The molecule has 0 amide bonds. The van der Waals surface area contributed by atoms with Crippen LogP contribution in [0.1, 0.15) is 26.2 Å². The van der Waals surface area contributed by atoms with Gasteiger partial charge in [-0.1, -0.05) is 31.7 Å². The molecular weight excluding hydrogens is 134 g/mol. The standard InChI is InChI=1S/C10H19N/c1-4-9(3)10(5-2)7-6-8-11/h4,10H,1,3,5-8,11H2,2H3. The molecule has 1 unspecified atom stereocenters. The molecular formula is C10H19N. The van der Waals surface area contributed by atoms with Crippen LogP contribution in [-0.2, 0) is 0 Å². The van der Waals surface area contributed by atoms with Crippen LogP contribution in [0.25, 0.3) is 0 Å². The highest BCUT2D eigenvalue weighted by atomic mass is 14.5. The van der Waals surface area contributed by atoms with Gasteiger partial charge in [0.1, 0.15) is 0 Å². The third-order valence-electron chi connectivity index (χ3n) is 2.04. The maximum atomic E-state index is 5.42. The molecule has 0 bridgehead atoms. The zero-order valence-corrected chi connectivity index (χ0v) is 7.47. The van der Waals surface area contributed by atoms with Crippen molar-refractivity contribution >= 4 is 0 Å². The Hall–Kier alpha value is -0.560. The molecule has 2 N–H and O–H groups in total. The molecule has 0 saturated carbocycles. The van der Waals surface area contributed by atoms with E-state index in [0.29, 0.717) is 5.92 Å². The first-order valence-corrected chi connectivity index (χ1v) is 4.27. The fourth-order valence-corrected chi connectivity index (χ4v) is 1.18. The molecule has 0 spiro atoms. The lowest BCUT2D eigenvalue weighted by atomic mass is 9.93. The van der Waals surface area contributed by atoms with Crippen molar-refractivity contribution in [2.75, 3.05) is 6.54 Å². The van der Waals surface area contributed by atoms with E-state index >= 15 is 0 Å². The van der Waals surface area contributed by atoms with E-state index < -0.39 is 0 Å². The molecule has 1 atom stereocenters. The molecule has 0 aliphatic carbocycles. The summed E-state index contributed by atoms with van der Waals surface area (Å²) >= 11 is 0. The summed E-state index contributed by atoms with van der Waals surface area (Å²) in [5.41, 5.74) is 6.57. The molecule has 0 rings (SSSR count). The first-order chi connectivity index (χ1) is 5.26. The van der Waals surface area contributed by atoms with Crippen LogP contribution in [0.4, 0.5) is 0 Å². The summed E-state index contributed by atoms with van der Waals surface area (Å²) < 4.78 is 0. The van der Waals surface area contributed by atoms with Gasteiger partial charge in [0.15, 0.2) is 0 Å². The van der Waals surface area contributed by atoms with Gasteiger partial charge in [-0.3, -0.25) is 0 Å². The van der Waals surface area contributed by atoms with E-state index in [1.807, 2.05) is 6.08 Å². The smallest absolute Gasteiger partial charge is 0.00771 e. The van der Waals surface area contributed by atoms with Gasteiger partial charge in [0, 0.05) is 0 Å². The van der Waals surface area contributed by atoms with Gasteiger partial charge < -0.3 is 5.73 Å². The van der Waals surface area contributed by atoms with Crippen LogP contribution in [0.3, 0.4) is 0 Å². The van der Waals surface area contributed by atoms with E-state index in [4.69, 9.17) is 5.73 Å². The van der Waals surface area contributed by atoms with Crippen molar-refractivity contribution in [1.29, 1.82) is 0 Å². The number of nitrogens with two attached hydrogens (primary N) is 1. The van der Waals surface area contributed by atoms with Gasteiger partial charge in [0.25, 0.3) is 0 Å². The molecule has 1 heteroatoms. The minimum absolute atomic E-state index is 0.594. The monoisotopic (exact) mass is 153 g/mol. The summed E-state index contributed by atoms with van der Waals surface area (Å²) in [5, 5.41) is 0.